The van der Waals surface area contributed by atoms with Crippen molar-refractivity contribution in [2.75, 3.05) is 13.2 Å². The number of unbranched alkanes of at least 4 members (excludes halogenated alkanes) is 29. The number of allylic oxidation sites excluding steroid dienone is 20. The summed E-state index contributed by atoms with van der Waals surface area (Å²) in [6.07, 6.45) is 93.6. The molecular weight excluding hydrogens is 985 g/mol. The van der Waals surface area contributed by atoms with Crippen LogP contribution >= 0.6 is 0 Å². The average Bonchev–Trinajstić information content (AvgIpc) is 3.46. The van der Waals surface area contributed by atoms with Crippen molar-refractivity contribution in [1.82, 2.24) is 0 Å². The summed E-state index contributed by atoms with van der Waals surface area (Å²) in [6, 6.07) is 0. The summed E-state index contributed by atoms with van der Waals surface area (Å²) in [6.45, 7) is 6.40. The largest absolute Gasteiger partial charge is 0.462 e. The molecule has 456 valence electrons. The van der Waals surface area contributed by atoms with Gasteiger partial charge in [-0.25, -0.2) is 0 Å². The van der Waals surface area contributed by atoms with Crippen molar-refractivity contribution < 1.29 is 28.6 Å². The molecule has 6 heteroatoms. The second-order valence-electron chi connectivity index (χ2n) is 22.0. The Morgan fingerprint density at radius 2 is 0.487 bits per heavy atom. The molecule has 0 aromatic carbocycles. The van der Waals surface area contributed by atoms with E-state index in [0.29, 0.717) is 19.3 Å². The van der Waals surface area contributed by atoms with Crippen molar-refractivity contribution in [3.05, 3.63) is 122 Å². The second-order valence-corrected chi connectivity index (χ2v) is 22.0. The Balaban J connectivity index is 4.38. The summed E-state index contributed by atoms with van der Waals surface area (Å²) in [7, 11) is 0. The van der Waals surface area contributed by atoms with Crippen LogP contribution in [0.2, 0.25) is 0 Å². The fraction of sp³-hybridized carbons (Fsp3) is 0.689. The van der Waals surface area contributed by atoms with E-state index in [9.17, 15) is 14.4 Å². The van der Waals surface area contributed by atoms with Gasteiger partial charge in [-0.1, -0.05) is 303 Å². The molecule has 1 unspecified atom stereocenters. The maximum Gasteiger partial charge on any atom is 0.306 e. The zero-order valence-corrected chi connectivity index (χ0v) is 52.3. The van der Waals surface area contributed by atoms with Gasteiger partial charge in [0.1, 0.15) is 13.2 Å². The molecule has 0 saturated carbocycles. The van der Waals surface area contributed by atoms with E-state index in [1.807, 2.05) is 0 Å². The topological polar surface area (TPSA) is 78.9 Å². The van der Waals surface area contributed by atoms with E-state index in [1.165, 1.54) is 141 Å². The van der Waals surface area contributed by atoms with Crippen LogP contribution < -0.4 is 0 Å². The summed E-state index contributed by atoms with van der Waals surface area (Å²) < 4.78 is 16.9. The first-order chi connectivity index (χ1) is 39.5. The third-order valence-electron chi connectivity index (χ3n) is 14.2. The fourth-order valence-corrected chi connectivity index (χ4v) is 9.26. The maximum atomic E-state index is 12.9. The van der Waals surface area contributed by atoms with Crippen molar-refractivity contribution in [1.29, 1.82) is 0 Å². The second kappa shape index (κ2) is 67.3. The van der Waals surface area contributed by atoms with Crippen LogP contribution in [0.15, 0.2) is 122 Å². The Bertz CT molecular complexity index is 1650. The van der Waals surface area contributed by atoms with E-state index in [0.717, 1.165) is 128 Å². The average molecular weight is 1110 g/mol. The van der Waals surface area contributed by atoms with E-state index < -0.39 is 6.10 Å². The molecule has 0 aliphatic carbocycles. The summed E-state index contributed by atoms with van der Waals surface area (Å²) in [5.41, 5.74) is 0. The van der Waals surface area contributed by atoms with Crippen molar-refractivity contribution in [3.8, 4) is 0 Å². The number of hydrogen-bond acceptors (Lipinski definition) is 6. The van der Waals surface area contributed by atoms with Gasteiger partial charge in [-0.05, 0) is 109 Å². The number of hydrogen-bond donors (Lipinski definition) is 0. The van der Waals surface area contributed by atoms with Crippen LogP contribution in [0, 0.1) is 0 Å². The molecule has 0 fully saturated rings. The highest BCUT2D eigenvalue weighted by molar-refractivity contribution is 5.71. The zero-order valence-electron chi connectivity index (χ0n) is 52.3. The van der Waals surface area contributed by atoms with Crippen molar-refractivity contribution in [3.63, 3.8) is 0 Å². The Hall–Kier alpha value is -4.19. The van der Waals surface area contributed by atoms with Gasteiger partial charge in [0, 0.05) is 19.3 Å². The smallest absolute Gasteiger partial charge is 0.306 e. The highest BCUT2D eigenvalue weighted by Crippen LogP contribution is 2.17. The number of carbonyl (C=O) groups is 3. The monoisotopic (exact) mass is 1110 g/mol. The van der Waals surface area contributed by atoms with Crippen LogP contribution in [-0.2, 0) is 28.6 Å². The standard InChI is InChI=1S/C74H124O6/c1-4-7-10-13-16-19-22-25-28-30-32-34-35-36-37-38-39-40-42-43-46-49-52-55-58-61-64-67-73(76)79-70-71(69-78-72(75)66-63-60-57-54-51-48-45-27-24-21-18-15-12-9-6-3)80-74(77)68-65-62-59-56-53-50-47-44-41-33-31-29-26-23-20-17-14-11-8-5-2/h7,9-10,12,16,18-19,21,25,27-28,32,34,36-37,39-40,45,51,54,71H,4-6,8,11,13-15,17,20,22-24,26,29-31,33,35,38,41-44,46-50,52-53,55-70H2,1-3H3/b10-7-,12-9-,19-16-,21-18-,28-25-,34-32-,37-36-,40-39-,45-27-,54-51-. The van der Waals surface area contributed by atoms with E-state index >= 15 is 0 Å². The minimum atomic E-state index is -0.802. The number of esters is 3. The Kier molecular flexibility index (Phi) is 63.8. The SMILES string of the molecule is CC/C=C\C/C=C\C/C=C\C/C=C\C/C=C\C/C=C\CCCCCCCCCCC(=O)OCC(COC(=O)CCCC/C=C\C/C=C\C/C=C\C/C=C\CC)OC(=O)CCCCCCCCCCCCCCCCCCCCCC. The minimum absolute atomic E-state index is 0.0957. The maximum absolute atomic E-state index is 12.9. The first kappa shape index (κ1) is 75.8. The molecule has 0 aromatic rings. The Morgan fingerprint density at radius 1 is 0.263 bits per heavy atom. The summed E-state index contributed by atoms with van der Waals surface area (Å²) in [4.78, 5) is 38.4. The van der Waals surface area contributed by atoms with E-state index in [4.69, 9.17) is 14.2 Å². The number of rotatable bonds is 60. The minimum Gasteiger partial charge on any atom is -0.462 e. The molecule has 0 bridgehead atoms. The molecule has 0 N–H and O–H groups in total. The van der Waals surface area contributed by atoms with Crippen molar-refractivity contribution >= 4 is 17.9 Å². The van der Waals surface area contributed by atoms with Crippen molar-refractivity contribution in [2.45, 2.75) is 316 Å². The molecule has 0 saturated heterocycles. The molecule has 0 spiro atoms. The number of carbonyl (C=O) groups excluding carboxylic acids is 3. The van der Waals surface area contributed by atoms with Gasteiger partial charge in [0.05, 0.1) is 0 Å². The molecule has 6 nitrogen and oxygen atoms in total. The zero-order chi connectivity index (χ0) is 57.8. The van der Waals surface area contributed by atoms with Gasteiger partial charge in [0.15, 0.2) is 6.10 Å². The quantitative estimate of drug-likeness (QED) is 0.0261. The van der Waals surface area contributed by atoms with Crippen LogP contribution in [0.25, 0.3) is 0 Å². The predicted octanol–water partition coefficient (Wildman–Crippen LogP) is 23.2. The highest BCUT2D eigenvalue weighted by atomic mass is 16.6. The van der Waals surface area contributed by atoms with Crippen molar-refractivity contribution in [2.24, 2.45) is 0 Å². The molecule has 0 aliphatic heterocycles. The molecule has 0 aliphatic rings. The van der Waals surface area contributed by atoms with Gasteiger partial charge in [-0.3, -0.25) is 14.4 Å². The van der Waals surface area contributed by atoms with Crippen LogP contribution in [0.3, 0.4) is 0 Å². The van der Waals surface area contributed by atoms with Crippen LogP contribution in [0.1, 0.15) is 310 Å². The third kappa shape index (κ3) is 64.6. The van der Waals surface area contributed by atoms with Gasteiger partial charge in [0.25, 0.3) is 0 Å². The molecule has 0 rings (SSSR count). The normalized spacial score (nSPS) is 12.9. The van der Waals surface area contributed by atoms with Gasteiger partial charge >= 0.3 is 17.9 Å². The fourth-order valence-electron chi connectivity index (χ4n) is 9.26. The molecule has 0 radical (unpaired) electrons. The lowest BCUT2D eigenvalue weighted by Crippen LogP contribution is -2.30. The van der Waals surface area contributed by atoms with Gasteiger partial charge in [0.2, 0.25) is 0 Å². The lowest BCUT2D eigenvalue weighted by atomic mass is 10.0. The molecule has 80 heavy (non-hydrogen) atoms. The van der Waals surface area contributed by atoms with Gasteiger partial charge < -0.3 is 14.2 Å². The van der Waals surface area contributed by atoms with Gasteiger partial charge in [-0.15, -0.1) is 0 Å². The number of ether oxygens (including phenoxy) is 3. The first-order valence-electron chi connectivity index (χ1n) is 33.5. The molecule has 0 aromatic heterocycles. The lowest BCUT2D eigenvalue weighted by Gasteiger charge is -2.18. The van der Waals surface area contributed by atoms with E-state index in [1.54, 1.807) is 0 Å². The Labute approximate surface area is 494 Å². The summed E-state index contributed by atoms with van der Waals surface area (Å²) >= 11 is 0. The van der Waals surface area contributed by atoms with Crippen LogP contribution in [0.4, 0.5) is 0 Å². The molecule has 1 atom stereocenters. The third-order valence-corrected chi connectivity index (χ3v) is 14.2. The van der Waals surface area contributed by atoms with E-state index in [2.05, 4.69) is 142 Å². The summed E-state index contributed by atoms with van der Waals surface area (Å²) in [5, 5.41) is 0. The first-order valence-corrected chi connectivity index (χ1v) is 33.5. The predicted molar refractivity (Wildman–Crippen MR) is 348 cm³/mol. The highest BCUT2D eigenvalue weighted by Gasteiger charge is 2.19. The van der Waals surface area contributed by atoms with E-state index in [-0.39, 0.29) is 31.1 Å². The molecular formula is C74H124O6. The lowest BCUT2D eigenvalue weighted by molar-refractivity contribution is -0.167. The van der Waals surface area contributed by atoms with Gasteiger partial charge in [-0.2, -0.15) is 0 Å². The van der Waals surface area contributed by atoms with Crippen LogP contribution in [0.5, 0.6) is 0 Å². The molecule has 0 heterocycles. The summed E-state index contributed by atoms with van der Waals surface area (Å²) in [5.74, 6) is -0.936. The molecule has 0 amide bonds. The Morgan fingerprint density at radius 3 is 0.787 bits per heavy atom. The van der Waals surface area contributed by atoms with Crippen LogP contribution in [-0.4, -0.2) is 37.2 Å².